The minimum Gasteiger partial charge on any atom is -0.478 e. The van der Waals surface area contributed by atoms with E-state index in [1.165, 1.54) is 17.8 Å². The number of benzene rings is 1. The van der Waals surface area contributed by atoms with Crippen molar-refractivity contribution in [1.29, 1.82) is 0 Å². The molecule has 1 N–H and O–H groups in total. The maximum atomic E-state index is 11.2. The van der Waals surface area contributed by atoms with Crippen molar-refractivity contribution in [2.24, 2.45) is 0 Å². The van der Waals surface area contributed by atoms with Gasteiger partial charge in [-0.3, -0.25) is 4.98 Å². The highest BCUT2D eigenvalue weighted by molar-refractivity contribution is 5.95. The van der Waals surface area contributed by atoms with E-state index in [9.17, 15) is 9.90 Å². The molecule has 0 unspecified atom stereocenters. The van der Waals surface area contributed by atoms with Gasteiger partial charge in [0.25, 0.3) is 0 Å². The molecular weight excluding hydrogens is 226 g/mol. The van der Waals surface area contributed by atoms with Crippen LogP contribution in [-0.4, -0.2) is 16.1 Å². The van der Waals surface area contributed by atoms with Gasteiger partial charge < -0.3 is 5.11 Å². The summed E-state index contributed by atoms with van der Waals surface area (Å²) in [5.74, 6) is -0.516. The predicted octanol–water partition coefficient (Wildman–Crippen LogP) is 3.57. The first-order valence-electron chi connectivity index (χ1n) is 5.87. The monoisotopic (exact) mass is 241 g/mol. The van der Waals surface area contributed by atoms with Crippen LogP contribution in [0.5, 0.6) is 0 Å². The lowest BCUT2D eigenvalue weighted by atomic mass is 9.96. The zero-order chi connectivity index (χ0) is 13.1. The molecule has 0 saturated heterocycles. The third-order valence-corrected chi connectivity index (χ3v) is 2.92. The third kappa shape index (κ3) is 2.40. The Morgan fingerprint density at radius 2 is 2.06 bits per heavy atom. The minimum absolute atomic E-state index is 0.283. The van der Waals surface area contributed by atoms with Crippen LogP contribution in [0, 0.1) is 0 Å². The quantitative estimate of drug-likeness (QED) is 0.893. The molecule has 0 aliphatic heterocycles. The molecule has 0 aliphatic rings. The standard InChI is InChI=1S/C15H15NO2/c1-10(2)11-4-3-5-12(8-11)14-9-16-7-6-13(14)15(17)18/h3-10H,1-2H3,(H,17,18). The summed E-state index contributed by atoms with van der Waals surface area (Å²) in [6.07, 6.45) is 3.10. The van der Waals surface area contributed by atoms with Crippen LogP contribution in [0.15, 0.2) is 42.7 Å². The summed E-state index contributed by atoms with van der Waals surface area (Å²) in [7, 11) is 0. The van der Waals surface area contributed by atoms with Gasteiger partial charge in [-0.1, -0.05) is 38.1 Å². The molecule has 0 fully saturated rings. The van der Waals surface area contributed by atoms with Gasteiger partial charge in [-0.05, 0) is 23.1 Å². The first-order valence-corrected chi connectivity index (χ1v) is 5.87. The highest BCUT2D eigenvalue weighted by atomic mass is 16.4. The van der Waals surface area contributed by atoms with Crippen LogP contribution in [0.1, 0.15) is 35.7 Å². The van der Waals surface area contributed by atoms with E-state index in [1.807, 2.05) is 24.3 Å². The zero-order valence-electron chi connectivity index (χ0n) is 10.4. The van der Waals surface area contributed by atoms with E-state index in [1.54, 1.807) is 6.20 Å². The van der Waals surface area contributed by atoms with Crippen LogP contribution in [-0.2, 0) is 0 Å². The lowest BCUT2D eigenvalue weighted by Gasteiger charge is -2.09. The van der Waals surface area contributed by atoms with Crippen LogP contribution < -0.4 is 0 Å². The first-order chi connectivity index (χ1) is 8.59. The Morgan fingerprint density at radius 3 is 2.72 bits per heavy atom. The lowest BCUT2D eigenvalue weighted by Crippen LogP contribution is -2.00. The number of hydrogen-bond acceptors (Lipinski definition) is 2. The SMILES string of the molecule is CC(C)c1cccc(-c2cnccc2C(=O)O)c1. The average Bonchev–Trinajstić information content (AvgIpc) is 2.39. The molecule has 1 aromatic heterocycles. The second kappa shape index (κ2) is 5.00. The summed E-state index contributed by atoms with van der Waals surface area (Å²) >= 11 is 0. The van der Waals surface area contributed by atoms with Crippen LogP contribution in [0.25, 0.3) is 11.1 Å². The number of carbonyl (C=O) groups is 1. The Hall–Kier alpha value is -2.16. The fourth-order valence-corrected chi connectivity index (χ4v) is 1.88. The van der Waals surface area contributed by atoms with E-state index in [2.05, 4.69) is 18.8 Å². The lowest BCUT2D eigenvalue weighted by molar-refractivity contribution is 0.0697. The number of aromatic carboxylic acids is 1. The Kier molecular flexibility index (Phi) is 3.42. The van der Waals surface area contributed by atoms with Crippen molar-refractivity contribution in [2.75, 3.05) is 0 Å². The van der Waals surface area contributed by atoms with Crippen molar-refractivity contribution in [1.82, 2.24) is 4.98 Å². The summed E-state index contributed by atoms with van der Waals surface area (Å²) in [4.78, 5) is 15.2. The van der Waals surface area contributed by atoms with Crippen molar-refractivity contribution in [3.05, 3.63) is 53.9 Å². The average molecular weight is 241 g/mol. The fraction of sp³-hybridized carbons (Fsp3) is 0.200. The van der Waals surface area contributed by atoms with Crippen molar-refractivity contribution in [3.8, 4) is 11.1 Å². The Labute approximate surface area is 106 Å². The van der Waals surface area contributed by atoms with E-state index in [-0.39, 0.29) is 5.56 Å². The van der Waals surface area contributed by atoms with Gasteiger partial charge in [0, 0.05) is 18.0 Å². The summed E-state index contributed by atoms with van der Waals surface area (Å²) in [6.45, 7) is 4.22. The number of pyridine rings is 1. The number of hydrogen-bond donors (Lipinski definition) is 1. The normalized spacial score (nSPS) is 10.6. The Balaban J connectivity index is 2.55. The topological polar surface area (TPSA) is 50.2 Å². The molecule has 0 bridgehead atoms. The molecule has 0 amide bonds. The number of carboxylic acid groups (broad SMARTS) is 1. The van der Waals surface area contributed by atoms with E-state index < -0.39 is 5.97 Å². The first kappa shape index (κ1) is 12.3. The highest BCUT2D eigenvalue weighted by Gasteiger charge is 2.12. The molecule has 1 heterocycles. The van der Waals surface area contributed by atoms with Crippen LogP contribution in [0.2, 0.25) is 0 Å². The van der Waals surface area contributed by atoms with E-state index >= 15 is 0 Å². The van der Waals surface area contributed by atoms with Gasteiger partial charge in [0.05, 0.1) is 5.56 Å². The molecule has 0 spiro atoms. The molecule has 0 aliphatic carbocycles. The Morgan fingerprint density at radius 1 is 1.28 bits per heavy atom. The van der Waals surface area contributed by atoms with Crippen LogP contribution >= 0.6 is 0 Å². The molecule has 0 atom stereocenters. The van der Waals surface area contributed by atoms with Gasteiger partial charge in [0.2, 0.25) is 0 Å². The second-order valence-electron chi connectivity index (χ2n) is 4.51. The van der Waals surface area contributed by atoms with Gasteiger partial charge in [0.15, 0.2) is 0 Å². The maximum absolute atomic E-state index is 11.2. The van der Waals surface area contributed by atoms with Crippen LogP contribution in [0.4, 0.5) is 0 Å². The number of nitrogens with zero attached hydrogens (tertiary/aromatic N) is 1. The third-order valence-electron chi connectivity index (χ3n) is 2.92. The van der Waals surface area contributed by atoms with Gasteiger partial charge in [-0.2, -0.15) is 0 Å². The molecule has 0 saturated carbocycles. The molecule has 2 aromatic rings. The summed E-state index contributed by atoms with van der Waals surface area (Å²) in [5, 5.41) is 9.18. The molecule has 3 nitrogen and oxygen atoms in total. The van der Waals surface area contributed by atoms with Crippen molar-refractivity contribution in [2.45, 2.75) is 19.8 Å². The molecule has 92 valence electrons. The van der Waals surface area contributed by atoms with Crippen molar-refractivity contribution >= 4 is 5.97 Å². The smallest absolute Gasteiger partial charge is 0.336 e. The predicted molar refractivity (Wildman–Crippen MR) is 70.7 cm³/mol. The molecule has 1 aromatic carbocycles. The fourth-order valence-electron chi connectivity index (χ4n) is 1.88. The van der Waals surface area contributed by atoms with Crippen molar-refractivity contribution < 1.29 is 9.90 Å². The van der Waals surface area contributed by atoms with E-state index in [0.29, 0.717) is 11.5 Å². The molecule has 0 radical (unpaired) electrons. The second-order valence-corrected chi connectivity index (χ2v) is 4.51. The van der Waals surface area contributed by atoms with Gasteiger partial charge >= 0.3 is 5.97 Å². The van der Waals surface area contributed by atoms with Crippen molar-refractivity contribution in [3.63, 3.8) is 0 Å². The largest absolute Gasteiger partial charge is 0.478 e. The van der Waals surface area contributed by atoms with E-state index in [4.69, 9.17) is 0 Å². The summed E-state index contributed by atoms with van der Waals surface area (Å²) in [5.41, 5.74) is 3.03. The van der Waals surface area contributed by atoms with E-state index in [0.717, 1.165) is 5.56 Å². The molecular formula is C15H15NO2. The maximum Gasteiger partial charge on any atom is 0.336 e. The number of aromatic nitrogens is 1. The summed E-state index contributed by atoms with van der Waals surface area (Å²) < 4.78 is 0. The molecule has 18 heavy (non-hydrogen) atoms. The highest BCUT2D eigenvalue weighted by Crippen LogP contribution is 2.26. The minimum atomic E-state index is -0.928. The zero-order valence-corrected chi connectivity index (χ0v) is 10.4. The van der Waals surface area contributed by atoms with Gasteiger partial charge in [-0.15, -0.1) is 0 Å². The number of rotatable bonds is 3. The summed E-state index contributed by atoms with van der Waals surface area (Å²) in [6, 6.07) is 9.46. The molecule has 3 heteroatoms. The van der Waals surface area contributed by atoms with Gasteiger partial charge in [0.1, 0.15) is 0 Å². The van der Waals surface area contributed by atoms with Gasteiger partial charge in [-0.25, -0.2) is 4.79 Å². The number of carboxylic acids is 1. The molecule has 2 rings (SSSR count). The van der Waals surface area contributed by atoms with Crippen LogP contribution in [0.3, 0.4) is 0 Å². The Bertz CT molecular complexity index is 576.